The second kappa shape index (κ2) is 4.52. The van der Waals surface area contributed by atoms with Gasteiger partial charge in [-0.15, -0.1) is 11.3 Å². The average Bonchev–Trinajstić information content (AvgIpc) is 2.77. The lowest BCUT2D eigenvalue weighted by molar-refractivity contribution is 1.39. The van der Waals surface area contributed by atoms with E-state index < -0.39 is 0 Å². The van der Waals surface area contributed by atoms with Gasteiger partial charge in [0, 0.05) is 16.1 Å². The van der Waals surface area contributed by atoms with Gasteiger partial charge in [-0.25, -0.2) is 4.98 Å². The minimum atomic E-state index is 0.584. The van der Waals surface area contributed by atoms with Crippen LogP contribution < -0.4 is 0 Å². The molecular formula is C14H7BrN2S. The number of pyridine rings is 1. The van der Waals surface area contributed by atoms with Gasteiger partial charge >= 0.3 is 0 Å². The van der Waals surface area contributed by atoms with Crippen LogP contribution in [0.15, 0.2) is 47.1 Å². The first-order chi connectivity index (χ1) is 8.79. The van der Waals surface area contributed by atoms with Crippen molar-refractivity contribution in [3.8, 4) is 16.5 Å². The fraction of sp³-hybridized carbons (Fsp3) is 0. The lowest BCUT2D eigenvalue weighted by Gasteiger charge is -1.97. The Kier molecular flexibility index (Phi) is 2.86. The van der Waals surface area contributed by atoms with Gasteiger partial charge in [0.25, 0.3) is 0 Å². The van der Waals surface area contributed by atoms with Crippen molar-refractivity contribution >= 4 is 37.5 Å². The number of hydrogen-bond acceptors (Lipinski definition) is 3. The number of fused-ring (bicyclic) bond motifs is 1. The maximum absolute atomic E-state index is 8.91. The van der Waals surface area contributed by atoms with E-state index in [-0.39, 0.29) is 0 Å². The molecule has 0 saturated carbocycles. The summed E-state index contributed by atoms with van der Waals surface area (Å²) in [5.74, 6) is 0. The number of benzene rings is 1. The Morgan fingerprint density at radius 2 is 2.00 bits per heavy atom. The van der Waals surface area contributed by atoms with Crippen LogP contribution in [0.4, 0.5) is 0 Å². The number of halogens is 1. The number of aromatic nitrogens is 1. The third kappa shape index (κ3) is 1.82. The van der Waals surface area contributed by atoms with Gasteiger partial charge in [0.2, 0.25) is 0 Å². The Morgan fingerprint density at radius 3 is 2.72 bits per heavy atom. The van der Waals surface area contributed by atoms with Crippen LogP contribution in [0.2, 0.25) is 0 Å². The topological polar surface area (TPSA) is 36.7 Å². The van der Waals surface area contributed by atoms with E-state index in [1.54, 1.807) is 17.5 Å². The molecule has 18 heavy (non-hydrogen) atoms. The summed E-state index contributed by atoms with van der Waals surface area (Å²) in [5.41, 5.74) is 1.74. The van der Waals surface area contributed by atoms with Gasteiger partial charge < -0.3 is 0 Å². The van der Waals surface area contributed by atoms with Crippen molar-refractivity contribution in [3.05, 3.63) is 52.6 Å². The van der Waals surface area contributed by atoms with Crippen molar-refractivity contribution in [2.24, 2.45) is 0 Å². The third-order valence-electron chi connectivity index (χ3n) is 2.65. The Hall–Kier alpha value is -1.70. The highest BCUT2D eigenvalue weighted by molar-refractivity contribution is 9.10. The van der Waals surface area contributed by atoms with Gasteiger partial charge in [-0.05, 0) is 27.6 Å². The monoisotopic (exact) mass is 314 g/mol. The predicted octanol–water partition coefficient (Wildman–Crippen LogP) is 4.60. The van der Waals surface area contributed by atoms with Crippen LogP contribution in [0.5, 0.6) is 0 Å². The molecular weight excluding hydrogens is 308 g/mol. The Labute approximate surface area is 117 Å². The number of rotatable bonds is 1. The average molecular weight is 315 g/mol. The number of nitrogens with zero attached hydrogens (tertiary/aromatic N) is 2. The summed E-state index contributed by atoms with van der Waals surface area (Å²) in [5, 5.41) is 9.91. The molecule has 86 valence electrons. The molecule has 0 atom stereocenters. The molecule has 2 aromatic heterocycles. The van der Waals surface area contributed by atoms with Crippen molar-refractivity contribution in [1.29, 1.82) is 5.26 Å². The molecule has 0 unspecified atom stereocenters. The molecule has 0 spiro atoms. The summed E-state index contributed by atoms with van der Waals surface area (Å²) in [6.07, 6.45) is 1.61. The highest BCUT2D eigenvalue weighted by Crippen LogP contribution is 2.41. The van der Waals surface area contributed by atoms with E-state index >= 15 is 0 Å². The summed E-state index contributed by atoms with van der Waals surface area (Å²) >= 11 is 5.24. The van der Waals surface area contributed by atoms with Crippen molar-refractivity contribution in [2.75, 3.05) is 0 Å². The lowest BCUT2D eigenvalue weighted by Crippen LogP contribution is -1.77. The van der Waals surface area contributed by atoms with Crippen molar-refractivity contribution in [1.82, 2.24) is 4.98 Å². The maximum Gasteiger partial charge on any atom is 0.125 e. The smallest absolute Gasteiger partial charge is 0.125 e. The number of hydrogen-bond donors (Lipinski definition) is 0. The minimum absolute atomic E-state index is 0.584. The van der Waals surface area contributed by atoms with E-state index in [4.69, 9.17) is 5.26 Å². The van der Waals surface area contributed by atoms with Gasteiger partial charge in [0.1, 0.15) is 10.9 Å². The third-order valence-corrected chi connectivity index (χ3v) is 4.90. The molecule has 1 aromatic carbocycles. The van der Waals surface area contributed by atoms with E-state index in [9.17, 15) is 0 Å². The molecule has 0 aliphatic carbocycles. The molecule has 0 N–H and O–H groups in total. The maximum atomic E-state index is 8.91. The number of thiophene rings is 1. The molecule has 2 nitrogen and oxygen atoms in total. The van der Waals surface area contributed by atoms with Crippen LogP contribution in [0.3, 0.4) is 0 Å². The second-order valence-corrected chi connectivity index (χ2v) is 5.59. The Balaban J connectivity index is 2.27. The van der Waals surface area contributed by atoms with Gasteiger partial charge in [-0.3, -0.25) is 0 Å². The predicted molar refractivity (Wildman–Crippen MR) is 77.5 cm³/mol. The molecule has 0 aliphatic heterocycles. The van der Waals surface area contributed by atoms with E-state index in [0.29, 0.717) is 5.56 Å². The zero-order valence-electron chi connectivity index (χ0n) is 9.22. The normalized spacial score (nSPS) is 10.4. The lowest BCUT2D eigenvalue weighted by atomic mass is 10.1. The largest absolute Gasteiger partial charge is 0.244 e. The first-order valence-electron chi connectivity index (χ1n) is 5.33. The zero-order chi connectivity index (χ0) is 12.5. The van der Waals surface area contributed by atoms with Gasteiger partial charge in [-0.1, -0.05) is 30.3 Å². The van der Waals surface area contributed by atoms with Gasteiger partial charge in [0.15, 0.2) is 0 Å². The summed E-state index contributed by atoms with van der Waals surface area (Å²) in [4.78, 5) is 6.42. The highest BCUT2D eigenvalue weighted by Gasteiger charge is 2.12. The number of nitriles is 1. The molecule has 0 saturated heterocycles. The Morgan fingerprint density at radius 1 is 1.22 bits per heavy atom. The van der Waals surface area contributed by atoms with Crippen LogP contribution in [0.1, 0.15) is 5.56 Å². The molecule has 0 amide bonds. The molecule has 0 fully saturated rings. The van der Waals surface area contributed by atoms with E-state index in [1.807, 2.05) is 24.3 Å². The van der Waals surface area contributed by atoms with Crippen LogP contribution in [-0.2, 0) is 0 Å². The standard InChI is InChI=1S/C14H7BrN2S/c15-12-11-6-9(7-16)8-17-14(11)18-13(12)10-4-2-1-3-5-10/h1-6,8H. The fourth-order valence-corrected chi connectivity index (χ4v) is 3.72. The quantitative estimate of drug-likeness (QED) is 0.658. The molecule has 4 heteroatoms. The molecule has 0 aliphatic rings. The molecule has 3 rings (SSSR count). The van der Waals surface area contributed by atoms with Crippen molar-refractivity contribution < 1.29 is 0 Å². The minimum Gasteiger partial charge on any atom is -0.244 e. The summed E-state index contributed by atoms with van der Waals surface area (Å²) in [6, 6.07) is 14.2. The van der Waals surface area contributed by atoms with Gasteiger partial charge in [0.05, 0.1) is 10.4 Å². The van der Waals surface area contributed by atoms with Crippen molar-refractivity contribution in [2.45, 2.75) is 0 Å². The summed E-state index contributed by atoms with van der Waals surface area (Å²) in [7, 11) is 0. The zero-order valence-corrected chi connectivity index (χ0v) is 11.6. The van der Waals surface area contributed by atoms with E-state index in [1.165, 1.54) is 0 Å². The first-order valence-corrected chi connectivity index (χ1v) is 6.94. The SMILES string of the molecule is N#Cc1cnc2sc(-c3ccccc3)c(Br)c2c1. The molecule has 0 bridgehead atoms. The van der Waals surface area contributed by atoms with Crippen LogP contribution in [0, 0.1) is 11.3 Å². The second-order valence-electron chi connectivity index (χ2n) is 3.80. The molecule has 0 radical (unpaired) electrons. The van der Waals surface area contributed by atoms with Gasteiger partial charge in [-0.2, -0.15) is 5.26 Å². The van der Waals surface area contributed by atoms with E-state index in [0.717, 1.165) is 25.1 Å². The van der Waals surface area contributed by atoms with Crippen LogP contribution in [-0.4, -0.2) is 4.98 Å². The highest BCUT2D eigenvalue weighted by atomic mass is 79.9. The molecule has 2 heterocycles. The van der Waals surface area contributed by atoms with Crippen LogP contribution in [0.25, 0.3) is 20.7 Å². The summed E-state index contributed by atoms with van der Waals surface area (Å²) in [6.45, 7) is 0. The first kappa shape index (κ1) is 11.4. The van der Waals surface area contributed by atoms with E-state index in [2.05, 4.69) is 39.1 Å². The molecule has 3 aromatic rings. The summed E-state index contributed by atoms with van der Waals surface area (Å²) < 4.78 is 1.01. The fourth-order valence-electron chi connectivity index (χ4n) is 1.79. The van der Waals surface area contributed by atoms with Crippen molar-refractivity contribution in [3.63, 3.8) is 0 Å². The van der Waals surface area contributed by atoms with Crippen LogP contribution >= 0.6 is 27.3 Å². The Bertz CT molecular complexity index is 757.